The van der Waals surface area contributed by atoms with Gasteiger partial charge in [-0.3, -0.25) is 4.98 Å². The maximum Gasteiger partial charge on any atom is 0.328 e. The van der Waals surface area contributed by atoms with Crippen LogP contribution in [0.4, 0.5) is 5.69 Å². The molecule has 7 heteroatoms. The fraction of sp³-hybridized carbons (Fsp3) is 0.312. The third-order valence-corrected chi connectivity index (χ3v) is 3.82. The van der Waals surface area contributed by atoms with E-state index in [0.717, 1.165) is 18.0 Å². The number of carboxylic acids is 2. The summed E-state index contributed by atoms with van der Waals surface area (Å²) in [6, 6.07) is 2.85. The molecule has 0 aliphatic carbocycles. The van der Waals surface area contributed by atoms with Crippen molar-refractivity contribution in [2.24, 2.45) is 5.92 Å². The number of hydrogen-bond acceptors (Lipinski definition) is 5. The zero-order valence-corrected chi connectivity index (χ0v) is 12.6. The number of carbonyl (C=O) groups is 2. The lowest BCUT2D eigenvalue weighted by molar-refractivity contribution is -0.134. The summed E-state index contributed by atoms with van der Waals surface area (Å²) in [5.41, 5.74) is 2.33. The number of hydrogen-bond donors (Lipinski definition) is 3. The fourth-order valence-corrected chi connectivity index (χ4v) is 2.67. The van der Waals surface area contributed by atoms with Gasteiger partial charge in [0.2, 0.25) is 0 Å². The van der Waals surface area contributed by atoms with E-state index in [2.05, 4.69) is 27.8 Å². The second-order valence-corrected chi connectivity index (χ2v) is 5.33. The molecule has 1 aromatic heterocycles. The maximum absolute atomic E-state index is 9.55. The van der Waals surface area contributed by atoms with E-state index in [-0.39, 0.29) is 0 Å². The Hall–Kier alpha value is -2.67. The highest BCUT2D eigenvalue weighted by Gasteiger charge is 2.42. The monoisotopic (exact) mass is 317 g/mol. The van der Waals surface area contributed by atoms with Crippen molar-refractivity contribution >= 4 is 23.7 Å². The third kappa shape index (κ3) is 4.40. The summed E-state index contributed by atoms with van der Waals surface area (Å²) in [7, 11) is 0. The summed E-state index contributed by atoms with van der Waals surface area (Å²) in [5.74, 6) is -1.67. The Kier molecular flexibility index (Phi) is 5.48. The number of fused-ring (bicyclic) bond motifs is 1. The highest BCUT2D eigenvalue weighted by atomic mass is 16.4. The molecule has 0 amide bonds. The molecular weight excluding hydrogens is 298 g/mol. The second-order valence-electron chi connectivity index (χ2n) is 5.33. The van der Waals surface area contributed by atoms with Gasteiger partial charge in [0, 0.05) is 49.9 Å². The quantitative estimate of drug-likeness (QED) is 0.707. The summed E-state index contributed by atoms with van der Waals surface area (Å²) in [6.07, 6.45) is 6.76. The molecule has 7 nitrogen and oxygen atoms in total. The van der Waals surface area contributed by atoms with Crippen LogP contribution in [0.1, 0.15) is 5.56 Å². The Balaban J connectivity index is 0.000000207. The zero-order chi connectivity index (χ0) is 16.8. The predicted octanol–water partition coefficient (Wildman–Crippen LogP) is 0.844. The minimum Gasteiger partial charge on any atom is -0.478 e. The Bertz CT molecular complexity index is 614. The molecule has 0 bridgehead atoms. The lowest BCUT2D eigenvalue weighted by atomic mass is 9.91. The normalized spacial score (nSPS) is 21.8. The molecule has 1 aromatic rings. The number of rotatable bonds is 4. The van der Waals surface area contributed by atoms with Crippen molar-refractivity contribution in [3.63, 3.8) is 0 Å². The van der Waals surface area contributed by atoms with E-state index in [1.165, 1.54) is 18.8 Å². The van der Waals surface area contributed by atoms with Gasteiger partial charge in [-0.2, -0.15) is 0 Å². The molecule has 2 aliphatic heterocycles. The molecule has 3 rings (SSSR count). The standard InChI is InChI=1S/C12H15N3.C4H4O4/c1-2-9-3-11(6-13-4-9)15-8-10-5-14-7-12(10)15;5-3(6)1-2-4(7)8/h2-4,6,10,12,14H,1,5,7-8H2;1-2H,(H,5,6)(H,7,8)/b;2-1+/t10-,12-;/m0./s1. The summed E-state index contributed by atoms with van der Waals surface area (Å²) in [5, 5.41) is 19.1. The summed E-state index contributed by atoms with van der Waals surface area (Å²) in [4.78, 5) is 25.8. The van der Waals surface area contributed by atoms with Crippen LogP contribution in [0.15, 0.2) is 37.2 Å². The van der Waals surface area contributed by atoms with Gasteiger partial charge in [0.25, 0.3) is 0 Å². The van der Waals surface area contributed by atoms with Crippen LogP contribution < -0.4 is 10.2 Å². The first-order valence-electron chi connectivity index (χ1n) is 7.20. The minimum absolute atomic E-state index is 0.558. The average Bonchev–Trinajstić information content (AvgIpc) is 2.87. The van der Waals surface area contributed by atoms with Gasteiger partial charge in [-0.1, -0.05) is 12.7 Å². The summed E-state index contributed by atoms with van der Waals surface area (Å²) in [6.45, 7) is 7.23. The van der Waals surface area contributed by atoms with E-state index in [1.54, 1.807) is 0 Å². The van der Waals surface area contributed by atoms with Crippen LogP contribution in [0, 0.1) is 5.92 Å². The van der Waals surface area contributed by atoms with Gasteiger partial charge < -0.3 is 20.4 Å². The number of aliphatic carboxylic acids is 2. The average molecular weight is 317 g/mol. The van der Waals surface area contributed by atoms with Gasteiger partial charge in [0.1, 0.15) is 0 Å². The number of carboxylic acid groups (broad SMARTS) is 2. The van der Waals surface area contributed by atoms with E-state index in [0.29, 0.717) is 18.2 Å². The van der Waals surface area contributed by atoms with Crippen molar-refractivity contribution in [2.75, 3.05) is 24.5 Å². The number of nitrogens with one attached hydrogen (secondary N) is 1. The molecule has 0 radical (unpaired) electrons. The number of nitrogens with zero attached hydrogens (tertiary/aromatic N) is 2. The van der Waals surface area contributed by atoms with Crippen molar-refractivity contribution in [2.45, 2.75) is 6.04 Å². The smallest absolute Gasteiger partial charge is 0.328 e. The van der Waals surface area contributed by atoms with Crippen LogP contribution in [-0.2, 0) is 9.59 Å². The summed E-state index contributed by atoms with van der Waals surface area (Å²) < 4.78 is 0. The Morgan fingerprint density at radius 2 is 1.96 bits per heavy atom. The van der Waals surface area contributed by atoms with Crippen molar-refractivity contribution in [1.82, 2.24) is 10.3 Å². The molecule has 2 atom stereocenters. The fourth-order valence-electron chi connectivity index (χ4n) is 2.67. The third-order valence-electron chi connectivity index (χ3n) is 3.82. The van der Waals surface area contributed by atoms with Gasteiger partial charge >= 0.3 is 11.9 Å². The van der Waals surface area contributed by atoms with Gasteiger partial charge in [0.05, 0.1) is 11.9 Å². The molecule has 23 heavy (non-hydrogen) atoms. The van der Waals surface area contributed by atoms with E-state index in [4.69, 9.17) is 10.2 Å². The molecule has 122 valence electrons. The zero-order valence-electron chi connectivity index (χ0n) is 12.6. The SMILES string of the molecule is C=Cc1cncc(N2C[C@@H]3CNC[C@@H]32)c1.O=C(O)/C=C/C(=O)O. The van der Waals surface area contributed by atoms with Crippen molar-refractivity contribution in [1.29, 1.82) is 0 Å². The first-order valence-corrected chi connectivity index (χ1v) is 7.20. The van der Waals surface area contributed by atoms with Gasteiger partial charge in [-0.05, 0) is 11.6 Å². The lowest BCUT2D eigenvalue weighted by Crippen LogP contribution is -2.55. The topological polar surface area (TPSA) is 103 Å². The van der Waals surface area contributed by atoms with Crippen LogP contribution in [0.3, 0.4) is 0 Å². The van der Waals surface area contributed by atoms with Crippen molar-refractivity contribution < 1.29 is 19.8 Å². The van der Waals surface area contributed by atoms with Crippen molar-refractivity contribution in [3.8, 4) is 0 Å². The Labute approximate surface area is 134 Å². The first kappa shape index (κ1) is 16.7. The molecular formula is C16H19N3O4. The number of pyridine rings is 1. The second kappa shape index (κ2) is 7.55. The highest BCUT2D eigenvalue weighted by Crippen LogP contribution is 2.33. The molecule has 2 saturated heterocycles. The number of anilines is 1. The van der Waals surface area contributed by atoms with E-state index in [9.17, 15) is 9.59 Å². The molecule has 0 unspecified atom stereocenters. The van der Waals surface area contributed by atoms with Crippen LogP contribution in [0.2, 0.25) is 0 Å². The van der Waals surface area contributed by atoms with Gasteiger partial charge in [-0.15, -0.1) is 0 Å². The lowest BCUT2D eigenvalue weighted by Gasteiger charge is -2.45. The molecule has 3 N–H and O–H groups in total. The molecule has 0 spiro atoms. The van der Waals surface area contributed by atoms with Crippen LogP contribution >= 0.6 is 0 Å². The molecule has 3 heterocycles. The largest absolute Gasteiger partial charge is 0.478 e. The molecule has 2 aliphatic rings. The van der Waals surface area contributed by atoms with Crippen LogP contribution in [0.25, 0.3) is 6.08 Å². The molecule has 0 aromatic carbocycles. The van der Waals surface area contributed by atoms with Crippen molar-refractivity contribution in [3.05, 3.63) is 42.8 Å². The van der Waals surface area contributed by atoms with Crippen LogP contribution in [-0.4, -0.2) is 52.8 Å². The Morgan fingerprint density at radius 1 is 1.26 bits per heavy atom. The first-order chi connectivity index (χ1) is 11.0. The number of aromatic nitrogens is 1. The predicted molar refractivity (Wildman–Crippen MR) is 86.2 cm³/mol. The maximum atomic E-state index is 9.55. The van der Waals surface area contributed by atoms with Gasteiger partial charge in [-0.25, -0.2) is 9.59 Å². The van der Waals surface area contributed by atoms with E-state index >= 15 is 0 Å². The Morgan fingerprint density at radius 3 is 2.52 bits per heavy atom. The van der Waals surface area contributed by atoms with Gasteiger partial charge in [0.15, 0.2) is 0 Å². The summed E-state index contributed by atoms with van der Waals surface area (Å²) >= 11 is 0. The van der Waals surface area contributed by atoms with Crippen LogP contribution in [0.5, 0.6) is 0 Å². The molecule has 2 fully saturated rings. The molecule has 0 saturated carbocycles. The van der Waals surface area contributed by atoms with E-state index < -0.39 is 11.9 Å². The minimum atomic E-state index is -1.26. The van der Waals surface area contributed by atoms with E-state index in [1.807, 2.05) is 18.5 Å². The highest BCUT2D eigenvalue weighted by molar-refractivity contribution is 5.89.